The van der Waals surface area contributed by atoms with Gasteiger partial charge < -0.3 is 15.2 Å². The molecule has 0 aliphatic rings. The minimum Gasteiger partial charge on any atom is -0.480 e. The smallest absolute Gasteiger partial charge is 0.322 e. The van der Waals surface area contributed by atoms with Gasteiger partial charge in [0.05, 0.1) is 0 Å². The van der Waals surface area contributed by atoms with Crippen molar-refractivity contribution in [1.29, 1.82) is 0 Å². The Morgan fingerprint density at radius 1 is 0.532 bits per heavy atom. The van der Waals surface area contributed by atoms with Crippen molar-refractivity contribution in [2.45, 2.75) is 225 Å². The average molecular weight is 664 g/mol. The fourth-order valence-corrected chi connectivity index (χ4v) is 6.16. The summed E-state index contributed by atoms with van der Waals surface area (Å²) in [5.41, 5.74) is 0. The number of amides is 1. The number of allylic oxidation sites excluding steroid dienone is 2. The van der Waals surface area contributed by atoms with Gasteiger partial charge in [-0.3, -0.25) is 14.4 Å². The van der Waals surface area contributed by atoms with Gasteiger partial charge in [-0.05, 0) is 57.8 Å². The van der Waals surface area contributed by atoms with Crippen molar-refractivity contribution in [3.63, 3.8) is 0 Å². The van der Waals surface area contributed by atoms with Gasteiger partial charge in [-0.25, -0.2) is 0 Å². The third-order valence-corrected chi connectivity index (χ3v) is 9.19. The van der Waals surface area contributed by atoms with Crippen molar-refractivity contribution in [2.24, 2.45) is 0 Å². The van der Waals surface area contributed by atoms with E-state index < -0.39 is 5.97 Å². The molecule has 0 aromatic heterocycles. The van der Waals surface area contributed by atoms with Gasteiger partial charge in [0.25, 0.3) is 0 Å². The molecule has 1 unspecified atom stereocenters. The van der Waals surface area contributed by atoms with E-state index in [0.29, 0.717) is 12.8 Å². The molecule has 0 rings (SSSR count). The Labute approximate surface area is 291 Å². The summed E-state index contributed by atoms with van der Waals surface area (Å²) in [4.78, 5) is 34.9. The first-order valence-electron chi connectivity index (χ1n) is 20.3. The lowest BCUT2D eigenvalue weighted by molar-refractivity contribution is -0.150. The minimum atomic E-state index is -1.02. The highest BCUT2D eigenvalue weighted by Gasteiger charge is 2.14. The first-order valence-corrected chi connectivity index (χ1v) is 20.3. The van der Waals surface area contributed by atoms with Crippen LogP contribution < -0.4 is 5.32 Å². The number of unbranched alkanes of at least 4 members (excludes halogenated alkanes) is 24. The van der Waals surface area contributed by atoms with Crippen LogP contribution in [0.5, 0.6) is 0 Å². The predicted octanol–water partition coefficient (Wildman–Crippen LogP) is 12.2. The Kier molecular flexibility index (Phi) is 35.5. The SMILES string of the molecule is CCCCCCCCCC/C=C\CCCC(CCCCCCCC(=O)NCC(=O)O)OC(=O)CCCCCCCCCCCCCC. The van der Waals surface area contributed by atoms with Crippen LogP contribution in [-0.4, -0.2) is 35.6 Å². The van der Waals surface area contributed by atoms with Gasteiger partial charge >= 0.3 is 11.9 Å². The number of hydrogen-bond acceptors (Lipinski definition) is 4. The number of carbonyl (C=O) groups excluding carboxylic acids is 2. The molecule has 0 aliphatic heterocycles. The average Bonchev–Trinajstić information content (AvgIpc) is 3.05. The van der Waals surface area contributed by atoms with Gasteiger partial charge in [0.1, 0.15) is 12.6 Å². The van der Waals surface area contributed by atoms with Gasteiger partial charge in [-0.15, -0.1) is 0 Å². The zero-order chi connectivity index (χ0) is 34.5. The summed E-state index contributed by atoms with van der Waals surface area (Å²) in [6.45, 7) is 4.22. The van der Waals surface area contributed by atoms with Crippen molar-refractivity contribution in [3.8, 4) is 0 Å². The second-order valence-corrected chi connectivity index (χ2v) is 13.9. The first kappa shape index (κ1) is 45.2. The number of aliphatic carboxylic acids is 1. The second kappa shape index (κ2) is 37.0. The molecule has 0 radical (unpaired) electrons. The molecule has 6 heteroatoms. The lowest BCUT2D eigenvalue weighted by Gasteiger charge is -2.18. The largest absolute Gasteiger partial charge is 0.480 e. The number of ether oxygens (including phenoxy) is 1. The van der Waals surface area contributed by atoms with E-state index >= 15 is 0 Å². The van der Waals surface area contributed by atoms with Crippen LogP contribution in [0.2, 0.25) is 0 Å². The Morgan fingerprint density at radius 2 is 0.936 bits per heavy atom. The van der Waals surface area contributed by atoms with E-state index in [1.165, 1.54) is 122 Å². The van der Waals surface area contributed by atoms with Gasteiger partial charge in [0, 0.05) is 12.8 Å². The first-order chi connectivity index (χ1) is 23.0. The Hall–Kier alpha value is -1.85. The summed E-state index contributed by atoms with van der Waals surface area (Å²) in [5, 5.41) is 11.1. The van der Waals surface area contributed by atoms with Crippen LogP contribution in [0, 0.1) is 0 Å². The molecule has 1 amide bonds. The van der Waals surface area contributed by atoms with Crippen LogP contribution in [0.3, 0.4) is 0 Å². The van der Waals surface area contributed by atoms with Crippen LogP contribution in [0.25, 0.3) is 0 Å². The fraction of sp³-hybridized carbons (Fsp3) is 0.878. The third-order valence-electron chi connectivity index (χ3n) is 9.19. The van der Waals surface area contributed by atoms with Gasteiger partial charge in [-0.1, -0.05) is 161 Å². The van der Waals surface area contributed by atoms with Crippen LogP contribution >= 0.6 is 0 Å². The van der Waals surface area contributed by atoms with Crippen molar-refractivity contribution >= 4 is 17.8 Å². The van der Waals surface area contributed by atoms with Gasteiger partial charge in [-0.2, -0.15) is 0 Å². The predicted molar refractivity (Wildman–Crippen MR) is 199 cm³/mol. The van der Waals surface area contributed by atoms with Crippen molar-refractivity contribution < 1.29 is 24.2 Å². The molecule has 6 nitrogen and oxygen atoms in total. The maximum absolute atomic E-state index is 12.7. The van der Waals surface area contributed by atoms with Gasteiger partial charge in [0.15, 0.2) is 0 Å². The topological polar surface area (TPSA) is 92.7 Å². The number of nitrogens with one attached hydrogen (secondary N) is 1. The molecule has 2 N–H and O–H groups in total. The molecule has 0 aliphatic carbocycles. The van der Waals surface area contributed by atoms with Crippen LogP contribution in [0.15, 0.2) is 12.2 Å². The quantitative estimate of drug-likeness (QED) is 0.0392. The molecule has 0 spiro atoms. The number of esters is 1. The van der Waals surface area contributed by atoms with Crippen molar-refractivity contribution in [1.82, 2.24) is 5.32 Å². The number of carbonyl (C=O) groups is 3. The zero-order valence-corrected chi connectivity index (χ0v) is 31.1. The van der Waals surface area contributed by atoms with Crippen LogP contribution in [0.4, 0.5) is 0 Å². The molecule has 0 heterocycles. The molecule has 1 atom stereocenters. The Morgan fingerprint density at radius 3 is 1.45 bits per heavy atom. The number of rotatable bonds is 37. The Balaban J connectivity index is 4.20. The number of carboxylic acids is 1. The highest BCUT2D eigenvalue weighted by molar-refractivity contribution is 5.80. The number of carboxylic acid groups (broad SMARTS) is 1. The highest BCUT2D eigenvalue weighted by Crippen LogP contribution is 2.18. The summed E-state index contributed by atoms with van der Waals surface area (Å²) in [6, 6.07) is 0. The van der Waals surface area contributed by atoms with E-state index in [2.05, 4.69) is 31.3 Å². The molecule has 47 heavy (non-hydrogen) atoms. The fourth-order valence-electron chi connectivity index (χ4n) is 6.16. The van der Waals surface area contributed by atoms with Gasteiger partial charge in [0.2, 0.25) is 5.91 Å². The zero-order valence-electron chi connectivity index (χ0n) is 31.1. The lowest BCUT2D eigenvalue weighted by atomic mass is 10.0. The minimum absolute atomic E-state index is 0.00253. The van der Waals surface area contributed by atoms with E-state index in [-0.39, 0.29) is 24.5 Å². The molecule has 0 aromatic carbocycles. The van der Waals surface area contributed by atoms with Crippen LogP contribution in [0.1, 0.15) is 219 Å². The summed E-state index contributed by atoms with van der Waals surface area (Å²) >= 11 is 0. The van der Waals surface area contributed by atoms with E-state index in [1.807, 2.05) is 0 Å². The normalized spacial score (nSPS) is 12.0. The monoisotopic (exact) mass is 664 g/mol. The standard InChI is InChI=1S/C41H77NO5/c1-3-5-7-9-11-13-15-17-18-20-22-25-29-33-38(34-30-26-24-27-31-35-39(43)42-37-40(44)45)47-41(46)36-32-28-23-21-19-16-14-12-10-8-6-4-2/h20,22,38H,3-19,21,23-37H2,1-2H3,(H,42,43)(H,44,45)/b22-20-. The summed E-state index contributed by atoms with van der Waals surface area (Å²) in [6.07, 6.45) is 41.9. The molecule has 0 bridgehead atoms. The number of hydrogen-bond donors (Lipinski definition) is 2. The maximum atomic E-state index is 12.7. The third kappa shape index (κ3) is 36.8. The molecule has 276 valence electrons. The van der Waals surface area contributed by atoms with E-state index in [0.717, 1.165) is 70.6 Å². The van der Waals surface area contributed by atoms with Crippen LogP contribution in [-0.2, 0) is 19.1 Å². The molecular formula is C41H77NO5. The Bertz CT molecular complexity index is 737. The van der Waals surface area contributed by atoms with E-state index in [4.69, 9.17) is 9.84 Å². The van der Waals surface area contributed by atoms with Crippen molar-refractivity contribution in [3.05, 3.63) is 12.2 Å². The molecule has 0 saturated carbocycles. The lowest BCUT2D eigenvalue weighted by Crippen LogP contribution is -2.28. The van der Waals surface area contributed by atoms with E-state index in [9.17, 15) is 14.4 Å². The summed E-state index contributed by atoms with van der Waals surface area (Å²) in [7, 11) is 0. The summed E-state index contributed by atoms with van der Waals surface area (Å²) < 4.78 is 6.00. The van der Waals surface area contributed by atoms with E-state index in [1.54, 1.807) is 0 Å². The summed E-state index contributed by atoms with van der Waals surface area (Å²) in [5.74, 6) is -1.24. The second-order valence-electron chi connectivity index (χ2n) is 13.9. The molecule has 0 saturated heterocycles. The maximum Gasteiger partial charge on any atom is 0.322 e. The van der Waals surface area contributed by atoms with Crippen molar-refractivity contribution in [2.75, 3.05) is 6.54 Å². The molecule has 0 aromatic rings. The molecule has 0 fully saturated rings. The highest BCUT2D eigenvalue weighted by atomic mass is 16.5. The molecular weight excluding hydrogens is 586 g/mol.